The Morgan fingerprint density at radius 1 is 1.10 bits per heavy atom. The number of carbonyl (C=O) groups excluding carboxylic acids is 1. The van der Waals surface area contributed by atoms with Crippen LogP contribution >= 0.6 is 0 Å². The summed E-state index contributed by atoms with van der Waals surface area (Å²) < 4.78 is 0. The Bertz CT molecular complexity index is 402. The second kappa shape index (κ2) is 6.64. The maximum Gasteiger partial charge on any atom is 0.320 e. The average molecular weight is 297 g/mol. The molecule has 2 heterocycles. The van der Waals surface area contributed by atoms with Crippen molar-refractivity contribution in [2.24, 2.45) is 5.41 Å². The maximum absolute atomic E-state index is 12.6. The van der Waals surface area contributed by atoms with Crippen LogP contribution in [0.15, 0.2) is 0 Å². The number of amides is 2. The first-order valence-corrected chi connectivity index (χ1v) is 7.94. The van der Waals surface area contributed by atoms with E-state index in [4.69, 9.17) is 0 Å². The SMILES string of the molecule is CCCC1(C(=O)O)CCN(C(=O)N2CCCN(C)CC2)C1. The molecule has 6 nitrogen and oxygen atoms in total. The number of rotatable bonds is 3. The quantitative estimate of drug-likeness (QED) is 0.853. The second-order valence-electron chi connectivity index (χ2n) is 6.43. The van der Waals surface area contributed by atoms with Gasteiger partial charge in [-0.2, -0.15) is 0 Å². The highest BCUT2D eigenvalue weighted by Gasteiger charge is 2.46. The van der Waals surface area contributed by atoms with E-state index < -0.39 is 11.4 Å². The molecule has 21 heavy (non-hydrogen) atoms. The molecule has 0 aromatic heterocycles. The molecule has 2 aliphatic heterocycles. The Balaban J connectivity index is 1.99. The van der Waals surface area contributed by atoms with Gasteiger partial charge < -0.3 is 19.8 Å². The molecule has 0 spiro atoms. The molecule has 1 atom stereocenters. The number of urea groups is 1. The summed E-state index contributed by atoms with van der Waals surface area (Å²) in [4.78, 5) is 30.1. The number of carboxylic acids is 1. The standard InChI is InChI=1S/C15H27N3O3/c1-3-5-15(13(19)20)6-9-18(12-15)14(21)17-8-4-7-16(2)10-11-17/h3-12H2,1-2H3,(H,19,20). The van der Waals surface area contributed by atoms with E-state index in [1.807, 2.05) is 11.8 Å². The molecule has 2 amide bonds. The van der Waals surface area contributed by atoms with Gasteiger partial charge >= 0.3 is 12.0 Å². The molecule has 2 rings (SSSR count). The smallest absolute Gasteiger partial charge is 0.320 e. The minimum atomic E-state index is -0.754. The zero-order chi connectivity index (χ0) is 15.5. The van der Waals surface area contributed by atoms with Gasteiger partial charge in [-0.25, -0.2) is 4.79 Å². The second-order valence-corrected chi connectivity index (χ2v) is 6.43. The van der Waals surface area contributed by atoms with Crippen LogP contribution in [-0.2, 0) is 4.79 Å². The molecule has 1 N–H and O–H groups in total. The normalized spacial score (nSPS) is 27.7. The lowest BCUT2D eigenvalue weighted by atomic mass is 9.83. The number of hydrogen-bond acceptors (Lipinski definition) is 3. The third-order valence-corrected chi connectivity index (χ3v) is 4.80. The highest BCUT2D eigenvalue weighted by atomic mass is 16.4. The lowest BCUT2D eigenvalue weighted by Gasteiger charge is -2.29. The molecular weight excluding hydrogens is 270 g/mol. The average Bonchev–Trinajstić information content (AvgIpc) is 2.76. The van der Waals surface area contributed by atoms with Crippen LogP contribution in [0, 0.1) is 5.41 Å². The number of carboxylic acid groups (broad SMARTS) is 1. The van der Waals surface area contributed by atoms with Gasteiger partial charge in [0.2, 0.25) is 0 Å². The number of likely N-dealkylation sites (tertiary alicyclic amines) is 1. The fraction of sp³-hybridized carbons (Fsp3) is 0.867. The summed E-state index contributed by atoms with van der Waals surface area (Å²) in [5.41, 5.74) is -0.729. The van der Waals surface area contributed by atoms with Crippen molar-refractivity contribution in [2.45, 2.75) is 32.6 Å². The number of aliphatic carboxylic acids is 1. The minimum absolute atomic E-state index is 0.0181. The van der Waals surface area contributed by atoms with Crippen LogP contribution < -0.4 is 0 Å². The summed E-state index contributed by atoms with van der Waals surface area (Å²) >= 11 is 0. The topological polar surface area (TPSA) is 64.1 Å². The molecule has 2 saturated heterocycles. The first-order valence-electron chi connectivity index (χ1n) is 7.94. The van der Waals surface area contributed by atoms with E-state index in [0.717, 1.165) is 39.0 Å². The van der Waals surface area contributed by atoms with Crippen LogP contribution in [0.4, 0.5) is 4.79 Å². The number of hydrogen-bond donors (Lipinski definition) is 1. The van der Waals surface area contributed by atoms with Crippen molar-refractivity contribution in [1.29, 1.82) is 0 Å². The van der Waals surface area contributed by atoms with Gasteiger partial charge in [0.1, 0.15) is 0 Å². The van der Waals surface area contributed by atoms with Crippen molar-refractivity contribution in [2.75, 3.05) is 46.3 Å². The molecule has 6 heteroatoms. The molecule has 0 aromatic carbocycles. The van der Waals surface area contributed by atoms with Crippen LogP contribution in [0.2, 0.25) is 0 Å². The van der Waals surface area contributed by atoms with Crippen molar-refractivity contribution >= 4 is 12.0 Å². The summed E-state index contributed by atoms with van der Waals surface area (Å²) in [6.07, 6.45) is 3.04. The van der Waals surface area contributed by atoms with Crippen molar-refractivity contribution in [3.8, 4) is 0 Å². The van der Waals surface area contributed by atoms with Gasteiger partial charge in [0.25, 0.3) is 0 Å². The van der Waals surface area contributed by atoms with Crippen LogP contribution in [0.3, 0.4) is 0 Å². The minimum Gasteiger partial charge on any atom is -0.481 e. The number of carbonyl (C=O) groups is 2. The number of nitrogens with zero attached hydrogens (tertiary/aromatic N) is 3. The van der Waals surface area contributed by atoms with E-state index in [1.165, 1.54) is 0 Å². The van der Waals surface area contributed by atoms with Gasteiger partial charge in [-0.05, 0) is 32.9 Å². The van der Waals surface area contributed by atoms with Crippen LogP contribution in [0.25, 0.3) is 0 Å². The zero-order valence-electron chi connectivity index (χ0n) is 13.2. The predicted octanol–water partition coefficient (Wildman–Crippen LogP) is 1.32. The van der Waals surface area contributed by atoms with Gasteiger partial charge in [-0.3, -0.25) is 4.79 Å². The van der Waals surface area contributed by atoms with Gasteiger partial charge in [0.15, 0.2) is 0 Å². The molecule has 0 aliphatic carbocycles. The van der Waals surface area contributed by atoms with Gasteiger partial charge in [-0.15, -0.1) is 0 Å². The highest BCUT2D eigenvalue weighted by molar-refractivity contribution is 5.79. The monoisotopic (exact) mass is 297 g/mol. The van der Waals surface area contributed by atoms with Crippen molar-refractivity contribution < 1.29 is 14.7 Å². The van der Waals surface area contributed by atoms with Crippen LogP contribution in [0.1, 0.15) is 32.6 Å². The summed E-state index contributed by atoms with van der Waals surface area (Å²) in [7, 11) is 2.07. The highest BCUT2D eigenvalue weighted by Crippen LogP contribution is 2.36. The van der Waals surface area contributed by atoms with Crippen molar-refractivity contribution in [3.05, 3.63) is 0 Å². The molecule has 0 radical (unpaired) electrons. The van der Waals surface area contributed by atoms with E-state index in [9.17, 15) is 14.7 Å². The van der Waals surface area contributed by atoms with Crippen molar-refractivity contribution in [1.82, 2.24) is 14.7 Å². The molecule has 0 bridgehead atoms. The largest absolute Gasteiger partial charge is 0.481 e. The van der Waals surface area contributed by atoms with E-state index in [1.54, 1.807) is 4.90 Å². The Kier molecular flexibility index (Phi) is 5.08. The van der Waals surface area contributed by atoms with E-state index in [0.29, 0.717) is 25.9 Å². The van der Waals surface area contributed by atoms with Gasteiger partial charge in [0.05, 0.1) is 5.41 Å². The van der Waals surface area contributed by atoms with Crippen molar-refractivity contribution in [3.63, 3.8) is 0 Å². The fourth-order valence-corrected chi connectivity index (χ4v) is 3.44. The Morgan fingerprint density at radius 3 is 2.52 bits per heavy atom. The van der Waals surface area contributed by atoms with E-state index >= 15 is 0 Å². The zero-order valence-corrected chi connectivity index (χ0v) is 13.2. The van der Waals surface area contributed by atoms with E-state index in [-0.39, 0.29) is 6.03 Å². The lowest BCUT2D eigenvalue weighted by Crippen LogP contribution is -2.45. The van der Waals surface area contributed by atoms with Gasteiger partial charge in [0, 0.05) is 32.7 Å². The Labute approximate surface area is 126 Å². The summed E-state index contributed by atoms with van der Waals surface area (Å²) in [6.45, 7) is 6.34. The molecule has 0 aromatic rings. The first kappa shape index (κ1) is 16.1. The number of likely N-dealkylation sites (N-methyl/N-ethyl adjacent to an activating group) is 1. The van der Waals surface area contributed by atoms with E-state index in [2.05, 4.69) is 11.9 Å². The first-order chi connectivity index (χ1) is 9.98. The molecule has 1 unspecified atom stereocenters. The summed E-state index contributed by atoms with van der Waals surface area (Å²) in [5, 5.41) is 9.53. The lowest BCUT2D eigenvalue weighted by molar-refractivity contribution is -0.148. The molecule has 120 valence electrons. The molecular formula is C15H27N3O3. The molecule has 2 fully saturated rings. The summed E-state index contributed by atoms with van der Waals surface area (Å²) in [6, 6.07) is 0.0181. The van der Waals surface area contributed by atoms with Crippen LogP contribution in [0.5, 0.6) is 0 Å². The third-order valence-electron chi connectivity index (χ3n) is 4.80. The molecule has 0 saturated carbocycles. The molecule has 2 aliphatic rings. The van der Waals surface area contributed by atoms with Crippen LogP contribution in [-0.4, -0.2) is 78.1 Å². The van der Waals surface area contributed by atoms with Gasteiger partial charge in [-0.1, -0.05) is 13.3 Å². The predicted molar refractivity (Wildman–Crippen MR) is 80.2 cm³/mol. The third kappa shape index (κ3) is 3.48. The Morgan fingerprint density at radius 2 is 1.86 bits per heavy atom. The maximum atomic E-state index is 12.6. The summed E-state index contributed by atoms with van der Waals surface area (Å²) in [5.74, 6) is -0.754. The Hall–Kier alpha value is -1.30. The fourth-order valence-electron chi connectivity index (χ4n) is 3.44.